The fraction of sp³-hybridized carbons (Fsp3) is 0.927. The van der Waals surface area contributed by atoms with Crippen molar-refractivity contribution >= 4 is 11.9 Å². The lowest BCUT2D eigenvalue weighted by atomic mass is 10.0. The predicted octanol–water partition coefficient (Wildman–Crippen LogP) is 26.8. The van der Waals surface area contributed by atoms with E-state index in [-0.39, 0.29) is 18.5 Å². The van der Waals surface area contributed by atoms with Gasteiger partial charge in [-0.05, 0) is 57.8 Å². The minimum Gasteiger partial charge on any atom is -0.466 e. The van der Waals surface area contributed by atoms with Gasteiger partial charge in [-0.1, -0.05) is 417 Å². The molecule has 0 aromatic heterocycles. The second-order valence-corrected chi connectivity index (χ2v) is 28.1. The number of allylic oxidation sites excluding steroid dienone is 3. The van der Waals surface area contributed by atoms with Crippen LogP contribution in [-0.2, 0) is 14.3 Å². The van der Waals surface area contributed by atoms with Crippen molar-refractivity contribution in [1.29, 1.82) is 0 Å². The van der Waals surface area contributed by atoms with E-state index in [4.69, 9.17) is 4.74 Å². The zero-order chi connectivity index (χ0) is 63.5. The van der Waals surface area contributed by atoms with Crippen LogP contribution in [0.25, 0.3) is 0 Å². The summed E-state index contributed by atoms with van der Waals surface area (Å²) in [6.45, 7) is 4.94. The number of aliphatic hydroxyl groups is 2. The van der Waals surface area contributed by atoms with Crippen LogP contribution in [0.15, 0.2) is 24.3 Å². The Balaban J connectivity index is 3.32. The molecular weight excluding hydrogens is 1080 g/mol. The average Bonchev–Trinajstić information content (AvgIpc) is 3.58. The third-order valence-corrected chi connectivity index (χ3v) is 19.2. The Hall–Kier alpha value is -1.66. The first-order chi connectivity index (χ1) is 43.5. The number of amides is 1. The lowest BCUT2D eigenvalue weighted by molar-refractivity contribution is -0.143. The second kappa shape index (κ2) is 77.8. The lowest BCUT2D eigenvalue weighted by Gasteiger charge is -2.20. The van der Waals surface area contributed by atoms with Gasteiger partial charge in [0, 0.05) is 12.8 Å². The molecule has 0 aliphatic carbocycles. The highest BCUT2D eigenvalue weighted by Crippen LogP contribution is 2.20. The average molecular weight is 1240 g/mol. The number of carbonyl (C=O) groups is 2. The van der Waals surface area contributed by atoms with Gasteiger partial charge in [-0.2, -0.15) is 0 Å². The summed E-state index contributed by atoms with van der Waals surface area (Å²) in [6, 6.07) is -0.624. The van der Waals surface area contributed by atoms with Crippen molar-refractivity contribution in [3.05, 3.63) is 24.3 Å². The molecule has 1 amide bonds. The lowest BCUT2D eigenvalue weighted by Crippen LogP contribution is -2.45. The quantitative estimate of drug-likeness (QED) is 0.0320. The SMILES string of the molecule is CCCCCCC/C=C\CCCCCCCC(=O)OCCCCCCCCCCCCCCCCCCCCCCCCCCCCCCCCCCCCCCCC(=O)NC(CO)C(O)/C=C/CCCCCCCCCCCCCCCCCCCC. The van der Waals surface area contributed by atoms with Crippen molar-refractivity contribution < 1.29 is 24.5 Å². The molecule has 3 N–H and O–H groups in total. The molecule has 0 aliphatic rings. The number of carbonyl (C=O) groups excluding carboxylic acids is 2. The van der Waals surface area contributed by atoms with Gasteiger partial charge in [0.25, 0.3) is 0 Å². The molecule has 0 spiro atoms. The number of esters is 1. The summed E-state index contributed by atoms with van der Waals surface area (Å²) in [7, 11) is 0. The van der Waals surface area contributed by atoms with Gasteiger partial charge < -0.3 is 20.3 Å². The Morgan fingerprint density at radius 1 is 0.307 bits per heavy atom. The van der Waals surface area contributed by atoms with Crippen molar-refractivity contribution in [3.8, 4) is 0 Å². The van der Waals surface area contributed by atoms with Gasteiger partial charge in [0.2, 0.25) is 5.91 Å². The van der Waals surface area contributed by atoms with Crippen LogP contribution in [0.4, 0.5) is 0 Å². The predicted molar refractivity (Wildman–Crippen MR) is 389 cm³/mol. The summed E-state index contributed by atoms with van der Waals surface area (Å²) in [5.74, 6) is -0.0420. The number of rotatable bonds is 77. The molecule has 6 nitrogen and oxygen atoms in total. The van der Waals surface area contributed by atoms with Gasteiger partial charge in [0.15, 0.2) is 0 Å². The minimum absolute atomic E-state index is 0.0155. The first kappa shape index (κ1) is 86.3. The van der Waals surface area contributed by atoms with E-state index in [0.717, 1.165) is 44.9 Å². The molecule has 0 heterocycles. The van der Waals surface area contributed by atoms with Crippen molar-refractivity contribution in [3.63, 3.8) is 0 Å². The van der Waals surface area contributed by atoms with E-state index in [0.29, 0.717) is 19.4 Å². The van der Waals surface area contributed by atoms with Gasteiger partial charge in [0.05, 0.1) is 25.4 Å². The van der Waals surface area contributed by atoms with Crippen LogP contribution in [-0.4, -0.2) is 47.4 Å². The molecule has 88 heavy (non-hydrogen) atoms. The van der Waals surface area contributed by atoms with Gasteiger partial charge in [-0.25, -0.2) is 0 Å². The molecule has 0 saturated heterocycles. The summed E-state index contributed by atoms with van der Waals surface area (Å²) < 4.78 is 5.50. The first-order valence-electron chi connectivity index (χ1n) is 40.6. The van der Waals surface area contributed by atoms with Gasteiger partial charge in [-0.3, -0.25) is 9.59 Å². The Morgan fingerprint density at radius 3 is 0.807 bits per heavy atom. The Morgan fingerprint density at radius 2 is 0.534 bits per heavy atom. The topological polar surface area (TPSA) is 95.9 Å². The zero-order valence-corrected chi connectivity index (χ0v) is 60.0. The largest absolute Gasteiger partial charge is 0.466 e. The molecule has 0 radical (unpaired) electrons. The smallest absolute Gasteiger partial charge is 0.305 e. The fourth-order valence-corrected chi connectivity index (χ4v) is 13.0. The van der Waals surface area contributed by atoms with E-state index in [1.165, 1.54) is 392 Å². The maximum atomic E-state index is 12.5. The molecule has 0 aromatic carbocycles. The molecule has 0 bridgehead atoms. The van der Waals surface area contributed by atoms with Crippen LogP contribution in [0.3, 0.4) is 0 Å². The standard InChI is InChI=1S/C82H159NO5/c1-3-5-7-9-11-13-15-17-19-20-21-41-44-47-50-54-58-62-66-70-74-80(85)79(78-84)83-81(86)75-71-67-63-59-55-51-48-45-42-39-37-35-33-31-29-27-25-23-22-24-26-28-30-32-34-36-38-40-43-46-49-53-57-61-65-69-73-77-88-82(87)76-72-68-64-60-56-52-18-16-14-12-10-8-6-4-2/h16,18,70,74,79-80,84-85H,3-15,17,19-69,71-73,75-78H2,1-2H3,(H,83,86)/b18-16-,74-70+. The molecule has 0 saturated carbocycles. The highest BCUT2D eigenvalue weighted by atomic mass is 16.5. The van der Waals surface area contributed by atoms with Gasteiger partial charge in [-0.15, -0.1) is 0 Å². The number of ether oxygens (including phenoxy) is 1. The molecule has 0 fully saturated rings. The van der Waals surface area contributed by atoms with Crippen molar-refractivity contribution in [2.45, 2.75) is 475 Å². The van der Waals surface area contributed by atoms with Crippen LogP contribution < -0.4 is 5.32 Å². The van der Waals surface area contributed by atoms with Crippen LogP contribution in [0.2, 0.25) is 0 Å². The number of nitrogens with one attached hydrogen (secondary N) is 1. The molecule has 522 valence electrons. The van der Waals surface area contributed by atoms with Crippen LogP contribution in [0.1, 0.15) is 463 Å². The number of hydrogen-bond donors (Lipinski definition) is 3. The van der Waals surface area contributed by atoms with Crippen LogP contribution in [0.5, 0.6) is 0 Å². The van der Waals surface area contributed by atoms with Crippen molar-refractivity contribution in [1.82, 2.24) is 5.32 Å². The van der Waals surface area contributed by atoms with E-state index in [1.54, 1.807) is 6.08 Å². The summed E-state index contributed by atoms with van der Waals surface area (Å²) in [5.41, 5.74) is 0. The summed E-state index contributed by atoms with van der Waals surface area (Å²) in [5, 5.41) is 23.3. The molecule has 2 atom stereocenters. The Bertz CT molecular complexity index is 1380. The monoisotopic (exact) mass is 1240 g/mol. The van der Waals surface area contributed by atoms with E-state index in [1.807, 2.05) is 6.08 Å². The van der Waals surface area contributed by atoms with E-state index in [9.17, 15) is 19.8 Å². The molecule has 2 unspecified atom stereocenters. The van der Waals surface area contributed by atoms with E-state index in [2.05, 4.69) is 31.3 Å². The molecular formula is C82H159NO5. The highest BCUT2D eigenvalue weighted by Gasteiger charge is 2.18. The normalized spacial score (nSPS) is 12.5. The summed E-state index contributed by atoms with van der Waals surface area (Å²) in [6.07, 6.45) is 100. The maximum Gasteiger partial charge on any atom is 0.305 e. The summed E-state index contributed by atoms with van der Waals surface area (Å²) >= 11 is 0. The number of hydrogen-bond acceptors (Lipinski definition) is 5. The zero-order valence-electron chi connectivity index (χ0n) is 60.0. The van der Waals surface area contributed by atoms with Crippen LogP contribution in [0, 0.1) is 0 Å². The van der Waals surface area contributed by atoms with E-state index >= 15 is 0 Å². The summed E-state index contributed by atoms with van der Waals surface area (Å²) in [4.78, 5) is 24.6. The number of aliphatic hydroxyl groups excluding tert-OH is 2. The van der Waals surface area contributed by atoms with Gasteiger partial charge >= 0.3 is 5.97 Å². The van der Waals surface area contributed by atoms with E-state index < -0.39 is 12.1 Å². The number of unbranched alkanes of at least 4 members (excludes halogenated alkanes) is 64. The fourth-order valence-electron chi connectivity index (χ4n) is 13.0. The highest BCUT2D eigenvalue weighted by molar-refractivity contribution is 5.76. The van der Waals surface area contributed by atoms with Gasteiger partial charge in [0.1, 0.15) is 0 Å². The maximum absolute atomic E-state index is 12.5. The molecule has 0 aliphatic heterocycles. The molecule has 6 heteroatoms. The van der Waals surface area contributed by atoms with Crippen molar-refractivity contribution in [2.24, 2.45) is 0 Å². The Kier molecular flexibility index (Phi) is 76.3. The Labute approximate surface area is 551 Å². The second-order valence-electron chi connectivity index (χ2n) is 28.1. The first-order valence-corrected chi connectivity index (χ1v) is 40.6. The minimum atomic E-state index is -0.841. The van der Waals surface area contributed by atoms with Crippen molar-refractivity contribution in [2.75, 3.05) is 13.2 Å². The van der Waals surface area contributed by atoms with Crippen LogP contribution >= 0.6 is 0 Å². The third-order valence-electron chi connectivity index (χ3n) is 19.2. The molecule has 0 aromatic rings. The third kappa shape index (κ3) is 73.4. The molecule has 0 rings (SSSR count).